The van der Waals surface area contributed by atoms with Gasteiger partial charge in [0.1, 0.15) is 0 Å². The number of benzene rings is 1. The van der Waals surface area contributed by atoms with E-state index in [0.717, 1.165) is 26.3 Å². The smallest absolute Gasteiger partial charge is 0.0591 e. The Bertz CT molecular complexity index is 365. The van der Waals surface area contributed by atoms with Crippen LogP contribution in [0.5, 0.6) is 0 Å². The van der Waals surface area contributed by atoms with Crippen LogP contribution in [-0.2, 0) is 10.2 Å². The molecule has 1 aromatic carbocycles. The monoisotopic (exact) mass is 219 g/mol. The van der Waals surface area contributed by atoms with Crippen LogP contribution in [0.25, 0.3) is 0 Å². The van der Waals surface area contributed by atoms with E-state index >= 15 is 0 Å². The van der Waals surface area contributed by atoms with Crippen LogP contribution in [0.3, 0.4) is 0 Å². The van der Waals surface area contributed by atoms with Gasteiger partial charge in [-0.3, -0.25) is 0 Å². The van der Waals surface area contributed by atoms with Gasteiger partial charge in [-0.25, -0.2) is 0 Å². The number of rotatable bonds is 1. The molecule has 2 nitrogen and oxygen atoms in total. The molecule has 1 saturated heterocycles. The third kappa shape index (κ3) is 2.28. The summed E-state index contributed by atoms with van der Waals surface area (Å²) in [6.07, 6.45) is 0. The van der Waals surface area contributed by atoms with Crippen LogP contribution >= 0.6 is 0 Å². The Labute approximate surface area is 98.0 Å². The van der Waals surface area contributed by atoms with Crippen LogP contribution in [0.15, 0.2) is 18.2 Å². The van der Waals surface area contributed by atoms with E-state index in [1.54, 1.807) is 0 Å². The van der Waals surface area contributed by atoms with Crippen molar-refractivity contribution < 1.29 is 4.74 Å². The average molecular weight is 219 g/mol. The predicted molar refractivity (Wildman–Crippen MR) is 67.0 cm³/mol. The molecule has 1 aliphatic rings. The minimum absolute atomic E-state index is 0.104. The molecule has 0 saturated carbocycles. The van der Waals surface area contributed by atoms with Gasteiger partial charge in [0, 0.05) is 18.5 Å². The van der Waals surface area contributed by atoms with E-state index in [-0.39, 0.29) is 5.41 Å². The summed E-state index contributed by atoms with van der Waals surface area (Å²) >= 11 is 0. The van der Waals surface area contributed by atoms with Gasteiger partial charge in [-0.2, -0.15) is 0 Å². The lowest BCUT2D eigenvalue weighted by Gasteiger charge is -2.30. The number of nitrogens with one attached hydrogen (secondary N) is 1. The first-order valence-electron chi connectivity index (χ1n) is 5.98. The summed E-state index contributed by atoms with van der Waals surface area (Å²) in [6, 6.07) is 6.68. The van der Waals surface area contributed by atoms with Crippen LogP contribution in [0, 0.1) is 13.8 Å². The molecule has 2 heteroatoms. The molecule has 0 amide bonds. The number of hydrogen-bond acceptors (Lipinski definition) is 2. The third-order valence-electron chi connectivity index (χ3n) is 3.40. The van der Waals surface area contributed by atoms with Gasteiger partial charge >= 0.3 is 0 Å². The first-order chi connectivity index (χ1) is 7.62. The van der Waals surface area contributed by atoms with Gasteiger partial charge in [0.25, 0.3) is 0 Å². The molecule has 0 radical (unpaired) electrons. The van der Waals surface area contributed by atoms with Crippen LogP contribution in [-0.4, -0.2) is 26.3 Å². The van der Waals surface area contributed by atoms with E-state index in [0.29, 0.717) is 0 Å². The van der Waals surface area contributed by atoms with Crippen LogP contribution in [0.1, 0.15) is 23.6 Å². The standard InChI is InChI=1S/C14H21NO/c1-11-4-5-12(2)13(8-11)14(3)9-15-6-7-16-10-14/h4-5,8,15H,6-7,9-10H2,1-3H3. The molecule has 1 N–H and O–H groups in total. The second-order valence-electron chi connectivity index (χ2n) is 5.11. The van der Waals surface area contributed by atoms with Gasteiger partial charge in [0.05, 0.1) is 13.2 Å². The topological polar surface area (TPSA) is 21.3 Å². The SMILES string of the molecule is Cc1ccc(C)c(C2(C)CNCCOC2)c1. The van der Waals surface area contributed by atoms with Crippen LogP contribution in [0.4, 0.5) is 0 Å². The van der Waals surface area contributed by atoms with E-state index in [1.165, 1.54) is 16.7 Å². The van der Waals surface area contributed by atoms with Gasteiger partial charge in [0.15, 0.2) is 0 Å². The van der Waals surface area contributed by atoms with Crippen LogP contribution < -0.4 is 5.32 Å². The Balaban J connectivity index is 2.36. The largest absolute Gasteiger partial charge is 0.379 e. The van der Waals surface area contributed by atoms with Crippen molar-refractivity contribution in [1.29, 1.82) is 0 Å². The molecule has 1 aliphatic heterocycles. The molecule has 0 aliphatic carbocycles. The lowest BCUT2D eigenvalue weighted by Crippen LogP contribution is -2.37. The van der Waals surface area contributed by atoms with Crippen molar-refractivity contribution in [3.8, 4) is 0 Å². The molecule has 16 heavy (non-hydrogen) atoms. The van der Waals surface area contributed by atoms with Crippen molar-refractivity contribution in [1.82, 2.24) is 5.32 Å². The summed E-state index contributed by atoms with van der Waals surface area (Å²) < 4.78 is 5.70. The van der Waals surface area contributed by atoms with E-state index in [4.69, 9.17) is 4.74 Å². The Morgan fingerprint density at radius 2 is 2.12 bits per heavy atom. The molecule has 88 valence electrons. The molecule has 1 aromatic rings. The van der Waals surface area contributed by atoms with E-state index in [2.05, 4.69) is 44.3 Å². The molecule has 1 heterocycles. The second-order valence-corrected chi connectivity index (χ2v) is 5.11. The normalized spacial score (nSPS) is 26.4. The zero-order valence-corrected chi connectivity index (χ0v) is 10.5. The summed E-state index contributed by atoms with van der Waals surface area (Å²) in [6.45, 7) is 10.2. The lowest BCUT2D eigenvalue weighted by molar-refractivity contribution is 0.113. The molecule has 0 bridgehead atoms. The van der Waals surface area contributed by atoms with Crippen LogP contribution in [0.2, 0.25) is 0 Å². The first kappa shape index (κ1) is 11.6. The maximum absolute atomic E-state index is 5.70. The Morgan fingerprint density at radius 1 is 1.31 bits per heavy atom. The van der Waals surface area contributed by atoms with E-state index < -0.39 is 0 Å². The molecule has 1 unspecified atom stereocenters. The van der Waals surface area contributed by atoms with Crippen molar-refractivity contribution in [2.45, 2.75) is 26.2 Å². The zero-order chi connectivity index (χ0) is 11.6. The first-order valence-corrected chi connectivity index (χ1v) is 5.98. The summed E-state index contributed by atoms with van der Waals surface area (Å²) in [5.41, 5.74) is 4.21. The van der Waals surface area contributed by atoms with Crippen molar-refractivity contribution in [3.63, 3.8) is 0 Å². The highest BCUT2D eigenvalue weighted by molar-refractivity contribution is 5.37. The quantitative estimate of drug-likeness (QED) is 0.781. The van der Waals surface area contributed by atoms with Gasteiger partial charge in [-0.05, 0) is 25.0 Å². The Hall–Kier alpha value is -0.860. The average Bonchev–Trinajstić information content (AvgIpc) is 2.48. The summed E-state index contributed by atoms with van der Waals surface area (Å²) in [7, 11) is 0. The van der Waals surface area contributed by atoms with E-state index in [9.17, 15) is 0 Å². The van der Waals surface area contributed by atoms with Gasteiger partial charge in [-0.1, -0.05) is 30.7 Å². The molecular weight excluding hydrogens is 198 g/mol. The highest BCUT2D eigenvalue weighted by Crippen LogP contribution is 2.28. The zero-order valence-electron chi connectivity index (χ0n) is 10.5. The minimum Gasteiger partial charge on any atom is -0.379 e. The Kier molecular flexibility index (Phi) is 3.31. The molecule has 0 aromatic heterocycles. The summed E-state index contributed by atoms with van der Waals surface area (Å²) in [5, 5.41) is 3.46. The maximum Gasteiger partial charge on any atom is 0.0591 e. The molecule has 1 atom stereocenters. The van der Waals surface area contributed by atoms with E-state index in [1.807, 2.05) is 0 Å². The van der Waals surface area contributed by atoms with Gasteiger partial charge in [0.2, 0.25) is 0 Å². The molecule has 1 fully saturated rings. The van der Waals surface area contributed by atoms with Crippen molar-refractivity contribution in [2.75, 3.05) is 26.3 Å². The van der Waals surface area contributed by atoms with Crippen molar-refractivity contribution in [2.24, 2.45) is 0 Å². The highest BCUT2D eigenvalue weighted by Gasteiger charge is 2.29. The fourth-order valence-electron chi connectivity index (χ4n) is 2.42. The summed E-state index contributed by atoms with van der Waals surface area (Å²) in [5.74, 6) is 0. The fraction of sp³-hybridized carbons (Fsp3) is 0.571. The highest BCUT2D eigenvalue weighted by atomic mass is 16.5. The Morgan fingerprint density at radius 3 is 2.94 bits per heavy atom. The number of ether oxygens (including phenoxy) is 1. The molecule has 0 spiro atoms. The lowest BCUT2D eigenvalue weighted by atomic mass is 9.80. The number of hydrogen-bond donors (Lipinski definition) is 1. The van der Waals surface area contributed by atoms with Gasteiger partial charge in [-0.15, -0.1) is 0 Å². The predicted octanol–water partition coefficient (Wildman–Crippen LogP) is 2.18. The molecule has 2 rings (SSSR count). The minimum atomic E-state index is 0.104. The summed E-state index contributed by atoms with van der Waals surface area (Å²) in [4.78, 5) is 0. The third-order valence-corrected chi connectivity index (χ3v) is 3.40. The fourth-order valence-corrected chi connectivity index (χ4v) is 2.42. The number of aryl methyl sites for hydroxylation is 2. The van der Waals surface area contributed by atoms with Crippen molar-refractivity contribution >= 4 is 0 Å². The van der Waals surface area contributed by atoms with Crippen molar-refractivity contribution in [3.05, 3.63) is 34.9 Å². The van der Waals surface area contributed by atoms with Gasteiger partial charge < -0.3 is 10.1 Å². The maximum atomic E-state index is 5.70. The second kappa shape index (κ2) is 4.56. The molecular formula is C14H21NO.